The number of aromatic amines is 1. The number of rotatable bonds is 2. The molecule has 3 rings (SSSR count). The Morgan fingerprint density at radius 3 is 3.16 bits per heavy atom. The van der Waals surface area contributed by atoms with Crippen molar-refractivity contribution in [1.82, 2.24) is 9.88 Å². The standard InChI is InChI=1S/C15H18N2O2/c18-13-2-1-7-17(10-13)15(19)9-11-3-4-12-5-6-16-14(12)8-11/h3-6,8,13,16,18H,1-2,7,9-10H2. The number of fused-ring (bicyclic) bond motifs is 1. The van der Waals surface area contributed by atoms with Crippen LogP contribution in [0, 0.1) is 0 Å². The van der Waals surface area contributed by atoms with Crippen molar-refractivity contribution in [3.63, 3.8) is 0 Å². The first kappa shape index (κ1) is 12.2. The van der Waals surface area contributed by atoms with Crippen LogP contribution in [0.15, 0.2) is 30.5 Å². The van der Waals surface area contributed by atoms with Gasteiger partial charge in [-0.3, -0.25) is 4.79 Å². The van der Waals surface area contributed by atoms with Crippen LogP contribution >= 0.6 is 0 Å². The highest BCUT2D eigenvalue weighted by Gasteiger charge is 2.21. The molecule has 2 N–H and O–H groups in total. The van der Waals surface area contributed by atoms with E-state index in [2.05, 4.69) is 4.98 Å². The molecule has 1 aromatic heterocycles. The van der Waals surface area contributed by atoms with E-state index < -0.39 is 0 Å². The Hall–Kier alpha value is -1.81. The van der Waals surface area contributed by atoms with Crippen LogP contribution in [0.5, 0.6) is 0 Å². The van der Waals surface area contributed by atoms with Crippen LogP contribution in [0.1, 0.15) is 18.4 Å². The third-order valence-corrected chi connectivity index (χ3v) is 3.72. The molecule has 1 amide bonds. The normalized spacial score (nSPS) is 19.8. The van der Waals surface area contributed by atoms with Gasteiger partial charge < -0.3 is 15.0 Å². The van der Waals surface area contributed by atoms with Gasteiger partial charge in [0.1, 0.15) is 0 Å². The highest BCUT2D eigenvalue weighted by atomic mass is 16.3. The fourth-order valence-corrected chi connectivity index (χ4v) is 2.67. The lowest BCUT2D eigenvalue weighted by atomic mass is 10.1. The van der Waals surface area contributed by atoms with E-state index in [4.69, 9.17) is 0 Å². The molecule has 4 heteroatoms. The van der Waals surface area contributed by atoms with Gasteiger partial charge in [0, 0.05) is 24.8 Å². The van der Waals surface area contributed by atoms with Gasteiger partial charge in [-0.25, -0.2) is 0 Å². The van der Waals surface area contributed by atoms with Crippen LogP contribution in [-0.4, -0.2) is 40.1 Å². The fraction of sp³-hybridized carbons (Fsp3) is 0.400. The van der Waals surface area contributed by atoms with Crippen molar-refractivity contribution in [2.45, 2.75) is 25.4 Å². The fourth-order valence-electron chi connectivity index (χ4n) is 2.67. The number of carbonyl (C=O) groups is 1. The molecule has 1 unspecified atom stereocenters. The van der Waals surface area contributed by atoms with Gasteiger partial charge in [-0.15, -0.1) is 0 Å². The lowest BCUT2D eigenvalue weighted by molar-refractivity contribution is -0.133. The van der Waals surface area contributed by atoms with Gasteiger partial charge in [-0.1, -0.05) is 12.1 Å². The summed E-state index contributed by atoms with van der Waals surface area (Å²) in [4.78, 5) is 17.1. The van der Waals surface area contributed by atoms with E-state index in [-0.39, 0.29) is 12.0 Å². The zero-order valence-corrected chi connectivity index (χ0v) is 10.8. The summed E-state index contributed by atoms with van der Waals surface area (Å²) < 4.78 is 0. The average molecular weight is 258 g/mol. The summed E-state index contributed by atoms with van der Waals surface area (Å²) in [7, 11) is 0. The van der Waals surface area contributed by atoms with E-state index >= 15 is 0 Å². The summed E-state index contributed by atoms with van der Waals surface area (Å²) in [6.07, 6.45) is 3.64. The smallest absolute Gasteiger partial charge is 0.227 e. The van der Waals surface area contributed by atoms with Crippen LogP contribution in [0.25, 0.3) is 10.9 Å². The number of aromatic nitrogens is 1. The average Bonchev–Trinajstić information content (AvgIpc) is 2.86. The lowest BCUT2D eigenvalue weighted by Crippen LogP contribution is -2.42. The maximum Gasteiger partial charge on any atom is 0.227 e. The lowest BCUT2D eigenvalue weighted by Gasteiger charge is -2.30. The second-order valence-corrected chi connectivity index (χ2v) is 5.21. The molecule has 0 spiro atoms. The van der Waals surface area contributed by atoms with Gasteiger partial charge in [0.2, 0.25) is 5.91 Å². The van der Waals surface area contributed by atoms with Crippen molar-refractivity contribution in [2.24, 2.45) is 0 Å². The molecule has 1 aliphatic heterocycles. The van der Waals surface area contributed by atoms with Gasteiger partial charge >= 0.3 is 0 Å². The summed E-state index contributed by atoms with van der Waals surface area (Å²) in [5.41, 5.74) is 2.07. The van der Waals surface area contributed by atoms with Gasteiger partial charge in [-0.2, -0.15) is 0 Å². The van der Waals surface area contributed by atoms with Crippen molar-refractivity contribution >= 4 is 16.8 Å². The predicted molar refractivity (Wildman–Crippen MR) is 73.8 cm³/mol. The number of hydrogen-bond acceptors (Lipinski definition) is 2. The minimum absolute atomic E-state index is 0.102. The molecule has 1 saturated heterocycles. The summed E-state index contributed by atoms with van der Waals surface area (Å²) in [5, 5.41) is 10.8. The monoisotopic (exact) mass is 258 g/mol. The number of carbonyl (C=O) groups excluding carboxylic acids is 1. The Kier molecular flexibility index (Phi) is 3.25. The van der Waals surface area contributed by atoms with Crippen molar-refractivity contribution in [3.8, 4) is 0 Å². The number of aliphatic hydroxyl groups excluding tert-OH is 1. The summed E-state index contributed by atoms with van der Waals surface area (Å²) in [6, 6.07) is 8.06. The number of piperidine rings is 1. The third kappa shape index (κ3) is 2.63. The van der Waals surface area contributed by atoms with Crippen LogP contribution in [0.4, 0.5) is 0 Å². The Morgan fingerprint density at radius 1 is 1.42 bits per heavy atom. The Balaban J connectivity index is 1.71. The van der Waals surface area contributed by atoms with Crippen molar-refractivity contribution in [1.29, 1.82) is 0 Å². The topological polar surface area (TPSA) is 56.3 Å². The minimum atomic E-state index is -0.358. The molecule has 2 aromatic rings. The zero-order valence-electron chi connectivity index (χ0n) is 10.8. The first-order valence-electron chi connectivity index (χ1n) is 6.74. The first-order valence-corrected chi connectivity index (χ1v) is 6.74. The van der Waals surface area contributed by atoms with Crippen LogP contribution in [0.3, 0.4) is 0 Å². The number of nitrogens with one attached hydrogen (secondary N) is 1. The summed E-state index contributed by atoms with van der Waals surface area (Å²) in [6.45, 7) is 1.24. The largest absolute Gasteiger partial charge is 0.391 e. The number of hydrogen-bond donors (Lipinski definition) is 2. The van der Waals surface area contributed by atoms with Crippen molar-refractivity contribution in [3.05, 3.63) is 36.0 Å². The van der Waals surface area contributed by atoms with Crippen molar-refractivity contribution < 1.29 is 9.90 Å². The van der Waals surface area contributed by atoms with Gasteiger partial charge in [-0.05, 0) is 35.9 Å². The molecule has 0 bridgehead atoms. The number of β-amino-alcohol motifs (C(OH)–C–C–N with tert-alkyl or cyclic N) is 1. The molecule has 4 nitrogen and oxygen atoms in total. The highest BCUT2D eigenvalue weighted by Crippen LogP contribution is 2.16. The molecule has 0 aliphatic carbocycles. The molecule has 1 aliphatic rings. The van der Waals surface area contributed by atoms with E-state index in [1.54, 1.807) is 4.90 Å². The van der Waals surface area contributed by atoms with E-state index in [0.717, 1.165) is 35.9 Å². The zero-order chi connectivity index (χ0) is 13.2. The van der Waals surface area contributed by atoms with Crippen molar-refractivity contribution in [2.75, 3.05) is 13.1 Å². The van der Waals surface area contributed by atoms with Crippen LogP contribution in [-0.2, 0) is 11.2 Å². The van der Waals surface area contributed by atoms with Gasteiger partial charge in [0.05, 0.1) is 12.5 Å². The van der Waals surface area contributed by atoms with Gasteiger partial charge in [0.25, 0.3) is 0 Å². The third-order valence-electron chi connectivity index (χ3n) is 3.72. The molecular formula is C15H18N2O2. The Labute approximate surface area is 112 Å². The SMILES string of the molecule is O=C(Cc1ccc2cc[nH]c2c1)N1CCCC(O)C1. The highest BCUT2D eigenvalue weighted by molar-refractivity contribution is 5.83. The maximum atomic E-state index is 12.2. The molecule has 1 aromatic carbocycles. The summed E-state index contributed by atoms with van der Waals surface area (Å²) in [5.74, 6) is 0.102. The molecule has 0 saturated carbocycles. The number of amides is 1. The molecular weight excluding hydrogens is 240 g/mol. The Morgan fingerprint density at radius 2 is 2.32 bits per heavy atom. The number of H-pyrrole nitrogens is 1. The predicted octanol–water partition coefficient (Wildman–Crippen LogP) is 1.69. The first-order chi connectivity index (χ1) is 9.22. The molecule has 0 radical (unpaired) electrons. The second-order valence-electron chi connectivity index (χ2n) is 5.21. The maximum absolute atomic E-state index is 12.2. The quantitative estimate of drug-likeness (QED) is 0.861. The molecule has 19 heavy (non-hydrogen) atoms. The number of nitrogens with zero attached hydrogens (tertiary/aromatic N) is 1. The van der Waals surface area contributed by atoms with E-state index in [1.807, 2.05) is 30.5 Å². The Bertz CT molecular complexity index is 591. The molecule has 1 atom stereocenters. The van der Waals surface area contributed by atoms with Crippen LogP contribution < -0.4 is 0 Å². The van der Waals surface area contributed by atoms with E-state index in [0.29, 0.717) is 13.0 Å². The molecule has 1 fully saturated rings. The molecule has 2 heterocycles. The van der Waals surface area contributed by atoms with Crippen LogP contribution in [0.2, 0.25) is 0 Å². The van der Waals surface area contributed by atoms with E-state index in [9.17, 15) is 9.90 Å². The van der Waals surface area contributed by atoms with E-state index in [1.165, 1.54) is 0 Å². The summed E-state index contributed by atoms with van der Waals surface area (Å²) >= 11 is 0. The second kappa shape index (κ2) is 5.05. The minimum Gasteiger partial charge on any atom is -0.391 e. The van der Waals surface area contributed by atoms with Gasteiger partial charge in [0.15, 0.2) is 0 Å². The number of benzene rings is 1. The number of aliphatic hydroxyl groups is 1. The number of likely N-dealkylation sites (tertiary alicyclic amines) is 1. The molecule has 100 valence electrons.